The molecule has 0 amide bonds. The predicted octanol–water partition coefficient (Wildman–Crippen LogP) is -2.09. The van der Waals surface area contributed by atoms with Crippen LogP contribution < -0.4 is 56.5 Å². The summed E-state index contributed by atoms with van der Waals surface area (Å²) in [7, 11) is 0. The first-order chi connectivity index (χ1) is 6.67. The number of carboxylic acids is 1. The van der Waals surface area contributed by atoms with Crippen molar-refractivity contribution in [1.29, 1.82) is 0 Å². The van der Waals surface area contributed by atoms with Crippen LogP contribution in [0, 0.1) is 0 Å². The molecule has 0 spiro atoms. The van der Waals surface area contributed by atoms with Crippen molar-refractivity contribution in [3.63, 3.8) is 0 Å². The van der Waals surface area contributed by atoms with Crippen LogP contribution >= 0.6 is 11.6 Å². The molecule has 1 fully saturated rings. The Morgan fingerprint density at radius 1 is 1.53 bits per heavy atom. The van der Waals surface area contributed by atoms with Crippen molar-refractivity contribution >= 4 is 17.6 Å². The van der Waals surface area contributed by atoms with Crippen LogP contribution in [-0.4, -0.2) is 11.0 Å². The van der Waals surface area contributed by atoms with Gasteiger partial charge in [-0.3, -0.25) is 4.98 Å². The number of halogens is 1. The van der Waals surface area contributed by atoms with Gasteiger partial charge in [0.2, 0.25) is 0 Å². The molecule has 3 nitrogen and oxygen atoms in total. The summed E-state index contributed by atoms with van der Waals surface area (Å²) >= 11 is 5.91. The average molecular weight is 250 g/mol. The van der Waals surface area contributed by atoms with E-state index in [-0.39, 0.29) is 51.4 Å². The van der Waals surface area contributed by atoms with Gasteiger partial charge in [0.05, 0.1) is 11.0 Å². The second kappa shape index (κ2) is 5.25. The van der Waals surface area contributed by atoms with Crippen LogP contribution in [0.2, 0.25) is 5.02 Å². The quantitative estimate of drug-likeness (QED) is 0.565. The van der Waals surface area contributed by atoms with Gasteiger partial charge in [0.15, 0.2) is 0 Å². The van der Waals surface area contributed by atoms with E-state index in [1.54, 1.807) is 12.3 Å². The van der Waals surface area contributed by atoms with Gasteiger partial charge in [-0.2, -0.15) is 0 Å². The zero-order chi connectivity index (χ0) is 10.2. The van der Waals surface area contributed by atoms with Crippen molar-refractivity contribution in [3.8, 4) is 0 Å². The zero-order valence-electron chi connectivity index (χ0n) is 8.50. The molecule has 0 saturated heterocycles. The largest absolute Gasteiger partial charge is 1.00 e. The molecule has 0 aliphatic heterocycles. The van der Waals surface area contributed by atoms with Crippen LogP contribution in [0.15, 0.2) is 18.5 Å². The Labute approximate surface area is 136 Å². The number of carbonyl (C=O) groups is 1. The first-order valence-electron chi connectivity index (χ1n) is 4.48. The van der Waals surface area contributed by atoms with Crippen LogP contribution in [-0.2, 0) is 10.2 Å². The van der Waals surface area contributed by atoms with Crippen molar-refractivity contribution in [2.45, 2.75) is 24.7 Å². The normalized spacial score (nSPS) is 17.4. The number of carbonyl (C=O) groups excluding carboxylic acids is 1. The van der Waals surface area contributed by atoms with Crippen molar-refractivity contribution in [3.05, 3.63) is 29.0 Å². The molecule has 1 saturated carbocycles. The fraction of sp³-hybridized carbons (Fsp3) is 0.400. The van der Waals surface area contributed by atoms with E-state index < -0.39 is 11.4 Å². The summed E-state index contributed by atoms with van der Waals surface area (Å²) < 4.78 is 0. The molecule has 74 valence electrons. The van der Waals surface area contributed by atoms with E-state index in [1.165, 1.54) is 6.20 Å². The number of aliphatic carboxylic acids is 1. The van der Waals surface area contributed by atoms with Gasteiger partial charge in [0.25, 0.3) is 0 Å². The van der Waals surface area contributed by atoms with Crippen LogP contribution in [0.25, 0.3) is 0 Å². The first-order valence-corrected chi connectivity index (χ1v) is 4.86. The van der Waals surface area contributed by atoms with Crippen molar-refractivity contribution in [2.24, 2.45) is 0 Å². The summed E-state index contributed by atoms with van der Waals surface area (Å²) in [5.41, 5.74) is -0.222. The summed E-state index contributed by atoms with van der Waals surface area (Å²) in [6.07, 6.45) is 5.16. The minimum atomic E-state index is -1.03. The van der Waals surface area contributed by atoms with E-state index in [0.717, 1.165) is 6.42 Å². The van der Waals surface area contributed by atoms with E-state index in [0.29, 0.717) is 23.4 Å². The average Bonchev–Trinajstić information content (AvgIpc) is 2.05. The molecule has 5 heteroatoms. The van der Waals surface area contributed by atoms with Crippen molar-refractivity contribution < 1.29 is 61.3 Å². The smallest absolute Gasteiger partial charge is 0.549 e. The van der Waals surface area contributed by atoms with Gasteiger partial charge in [-0.25, -0.2) is 0 Å². The fourth-order valence-corrected chi connectivity index (χ4v) is 2.18. The monoisotopic (exact) mass is 249 g/mol. The molecule has 1 aromatic heterocycles. The number of hydrogen-bond donors (Lipinski definition) is 0. The Balaban J connectivity index is 0.00000112. The van der Waals surface area contributed by atoms with E-state index in [4.69, 9.17) is 11.6 Å². The third-order valence-electron chi connectivity index (χ3n) is 2.89. The van der Waals surface area contributed by atoms with E-state index in [1.807, 2.05) is 0 Å². The van der Waals surface area contributed by atoms with Crippen LogP contribution in [0.5, 0.6) is 0 Å². The third-order valence-corrected chi connectivity index (χ3v) is 3.19. The Hall–Kier alpha value is 0.546. The van der Waals surface area contributed by atoms with Crippen LogP contribution in [0.3, 0.4) is 0 Å². The molecular formula is C10H9ClKNO2. The van der Waals surface area contributed by atoms with E-state index in [2.05, 4.69) is 4.98 Å². The molecule has 1 aromatic rings. The van der Waals surface area contributed by atoms with E-state index in [9.17, 15) is 9.90 Å². The molecule has 2 rings (SSSR count). The van der Waals surface area contributed by atoms with Gasteiger partial charge in [-0.1, -0.05) is 18.0 Å². The second-order valence-corrected chi connectivity index (χ2v) is 3.99. The van der Waals surface area contributed by atoms with Gasteiger partial charge >= 0.3 is 51.4 Å². The van der Waals surface area contributed by atoms with Gasteiger partial charge in [0, 0.05) is 17.8 Å². The zero-order valence-corrected chi connectivity index (χ0v) is 12.4. The minimum absolute atomic E-state index is 0. The number of pyridine rings is 1. The van der Waals surface area contributed by atoms with Crippen LogP contribution in [0.1, 0.15) is 24.8 Å². The van der Waals surface area contributed by atoms with Crippen molar-refractivity contribution in [2.75, 3.05) is 0 Å². The predicted molar refractivity (Wildman–Crippen MR) is 49.8 cm³/mol. The molecule has 0 aromatic carbocycles. The minimum Gasteiger partial charge on any atom is -0.549 e. The molecule has 1 heterocycles. The van der Waals surface area contributed by atoms with Crippen LogP contribution in [0.4, 0.5) is 0 Å². The maximum atomic E-state index is 11.1. The van der Waals surface area contributed by atoms with Gasteiger partial charge < -0.3 is 9.90 Å². The molecule has 15 heavy (non-hydrogen) atoms. The molecule has 0 bridgehead atoms. The molecule has 0 atom stereocenters. The summed E-state index contributed by atoms with van der Waals surface area (Å²) in [6.45, 7) is 0. The summed E-state index contributed by atoms with van der Waals surface area (Å²) in [5.74, 6) is -1.03. The van der Waals surface area contributed by atoms with E-state index >= 15 is 0 Å². The molecule has 0 N–H and O–H groups in total. The first kappa shape index (κ1) is 13.6. The Bertz CT molecular complexity index is 379. The Morgan fingerprint density at radius 3 is 2.60 bits per heavy atom. The Kier molecular flexibility index (Phi) is 4.76. The topological polar surface area (TPSA) is 53.0 Å². The van der Waals surface area contributed by atoms with Gasteiger partial charge in [-0.15, -0.1) is 0 Å². The summed E-state index contributed by atoms with van der Waals surface area (Å²) in [6, 6.07) is 1.66. The summed E-state index contributed by atoms with van der Waals surface area (Å²) in [5, 5.41) is 11.5. The fourth-order valence-electron chi connectivity index (χ4n) is 1.88. The molecule has 1 aliphatic carbocycles. The number of rotatable bonds is 2. The number of carboxylic acid groups (broad SMARTS) is 1. The van der Waals surface area contributed by atoms with Crippen molar-refractivity contribution in [1.82, 2.24) is 4.98 Å². The maximum Gasteiger partial charge on any atom is 1.00 e. The maximum absolute atomic E-state index is 11.1. The molecule has 1 aliphatic rings. The number of hydrogen-bond acceptors (Lipinski definition) is 3. The summed E-state index contributed by atoms with van der Waals surface area (Å²) in [4.78, 5) is 14.9. The Morgan fingerprint density at radius 2 is 2.20 bits per heavy atom. The van der Waals surface area contributed by atoms with Gasteiger partial charge in [-0.05, 0) is 24.5 Å². The van der Waals surface area contributed by atoms with Gasteiger partial charge in [0.1, 0.15) is 0 Å². The standard InChI is InChI=1S/C10H10ClNO2.K/c11-8-6-12-5-2-7(8)10(9(13)14)3-1-4-10;/h2,5-6H,1,3-4H2,(H,13,14);/q;+1/p-1. The molecule has 0 radical (unpaired) electrons. The SMILES string of the molecule is O=C([O-])C1(c2ccncc2Cl)CCC1.[K+]. The third kappa shape index (κ3) is 2.30. The second-order valence-electron chi connectivity index (χ2n) is 3.58. The molecule has 0 unspecified atom stereocenters. The number of nitrogens with zero attached hydrogens (tertiary/aromatic N) is 1. The molecular weight excluding hydrogens is 241 g/mol. The number of aromatic nitrogens is 1.